The Bertz CT molecular complexity index is 317. The number of nitrogens with zero attached hydrogens (tertiary/aromatic N) is 1. The molecule has 0 radical (unpaired) electrons. The van der Waals surface area contributed by atoms with Crippen molar-refractivity contribution in [2.45, 2.75) is 19.4 Å². The normalized spacial score (nSPS) is 11.8. The van der Waals surface area contributed by atoms with Crippen LogP contribution in [0.5, 0.6) is 0 Å². The van der Waals surface area contributed by atoms with E-state index in [0.717, 1.165) is 10.2 Å². The van der Waals surface area contributed by atoms with Gasteiger partial charge in [-0.25, -0.2) is 0 Å². The van der Waals surface area contributed by atoms with E-state index in [1.54, 1.807) is 12.4 Å². The second-order valence-electron chi connectivity index (χ2n) is 2.85. The summed E-state index contributed by atoms with van der Waals surface area (Å²) in [6.07, 6.45) is 9.44. The number of aromatic nitrogens is 1. The maximum Gasteiger partial charge on any atom is 0.0540 e. The van der Waals surface area contributed by atoms with Crippen LogP contribution in [0.1, 0.15) is 13.3 Å². The molecule has 0 spiro atoms. The lowest BCUT2D eigenvalue weighted by atomic mass is 10.2. The number of pyridine rings is 1. The van der Waals surface area contributed by atoms with Crippen molar-refractivity contribution in [3.8, 4) is 12.3 Å². The molecule has 13 heavy (non-hydrogen) atoms. The summed E-state index contributed by atoms with van der Waals surface area (Å²) >= 11 is 3.35. The van der Waals surface area contributed by atoms with E-state index in [9.17, 15) is 0 Å². The Morgan fingerprint density at radius 2 is 2.46 bits per heavy atom. The Morgan fingerprint density at radius 1 is 1.69 bits per heavy atom. The molecule has 3 heteroatoms. The Morgan fingerprint density at radius 3 is 3.08 bits per heavy atom. The van der Waals surface area contributed by atoms with E-state index in [-0.39, 0.29) is 6.04 Å². The highest BCUT2D eigenvalue weighted by Gasteiger charge is 1.99. The molecule has 0 aliphatic rings. The molecule has 0 saturated carbocycles. The summed E-state index contributed by atoms with van der Waals surface area (Å²) in [5.74, 6) is 2.61. The molecular formula is C10H11BrN2. The predicted molar refractivity (Wildman–Crippen MR) is 58.5 cm³/mol. The highest BCUT2D eigenvalue weighted by Crippen LogP contribution is 2.14. The van der Waals surface area contributed by atoms with Crippen LogP contribution in [0.15, 0.2) is 22.9 Å². The second kappa shape index (κ2) is 4.88. The summed E-state index contributed by atoms with van der Waals surface area (Å²) in [5.41, 5.74) is 0.983. The first-order valence-electron chi connectivity index (χ1n) is 4.03. The number of nitrogens with one attached hydrogen (secondary N) is 1. The monoisotopic (exact) mass is 238 g/mol. The molecular weight excluding hydrogens is 228 g/mol. The van der Waals surface area contributed by atoms with Gasteiger partial charge in [-0.05, 0) is 28.9 Å². The van der Waals surface area contributed by atoms with Crippen LogP contribution < -0.4 is 5.32 Å². The topological polar surface area (TPSA) is 24.9 Å². The summed E-state index contributed by atoms with van der Waals surface area (Å²) < 4.78 is 0.963. The molecule has 0 fully saturated rings. The first kappa shape index (κ1) is 10.1. The zero-order valence-corrected chi connectivity index (χ0v) is 9.01. The lowest BCUT2D eigenvalue weighted by molar-refractivity contribution is 0.827. The third-order valence-corrected chi connectivity index (χ3v) is 1.98. The van der Waals surface area contributed by atoms with E-state index < -0.39 is 0 Å². The van der Waals surface area contributed by atoms with Crippen LogP contribution in [0.4, 0.5) is 5.69 Å². The lowest BCUT2D eigenvalue weighted by Crippen LogP contribution is -2.13. The summed E-state index contributed by atoms with van der Waals surface area (Å²) in [6, 6.07) is 2.25. The first-order valence-corrected chi connectivity index (χ1v) is 4.82. The largest absolute Gasteiger partial charge is 0.380 e. The number of anilines is 1. The third kappa shape index (κ3) is 3.47. The molecule has 1 aromatic heterocycles. The van der Waals surface area contributed by atoms with Crippen molar-refractivity contribution in [2.24, 2.45) is 0 Å². The minimum absolute atomic E-state index is 0.279. The van der Waals surface area contributed by atoms with Gasteiger partial charge < -0.3 is 5.32 Å². The maximum atomic E-state index is 5.20. The van der Waals surface area contributed by atoms with Crippen LogP contribution in [0, 0.1) is 12.3 Å². The molecule has 0 aliphatic carbocycles. The van der Waals surface area contributed by atoms with Crippen LogP contribution in [0.2, 0.25) is 0 Å². The minimum atomic E-state index is 0.279. The molecule has 1 heterocycles. The molecule has 0 amide bonds. The summed E-state index contributed by atoms with van der Waals surface area (Å²) in [5, 5.41) is 3.25. The average Bonchev–Trinajstić information content (AvgIpc) is 2.04. The molecule has 0 saturated heterocycles. The highest BCUT2D eigenvalue weighted by molar-refractivity contribution is 9.10. The van der Waals surface area contributed by atoms with Crippen LogP contribution in [0.25, 0.3) is 0 Å². The number of terminal acetylenes is 1. The smallest absolute Gasteiger partial charge is 0.0540 e. The molecule has 68 valence electrons. The van der Waals surface area contributed by atoms with Gasteiger partial charge in [-0.3, -0.25) is 4.98 Å². The molecule has 1 atom stereocenters. The van der Waals surface area contributed by atoms with Gasteiger partial charge in [-0.2, -0.15) is 0 Å². The van der Waals surface area contributed by atoms with Crippen LogP contribution >= 0.6 is 15.9 Å². The number of rotatable bonds is 3. The van der Waals surface area contributed by atoms with Crippen molar-refractivity contribution >= 4 is 21.6 Å². The summed E-state index contributed by atoms with van der Waals surface area (Å²) in [4.78, 5) is 4.04. The molecule has 1 rings (SSSR count). The molecule has 1 N–H and O–H groups in total. The lowest BCUT2D eigenvalue weighted by Gasteiger charge is -2.11. The van der Waals surface area contributed by atoms with Crippen LogP contribution in [0.3, 0.4) is 0 Å². The van der Waals surface area contributed by atoms with Crippen molar-refractivity contribution in [3.63, 3.8) is 0 Å². The highest BCUT2D eigenvalue weighted by atomic mass is 79.9. The Balaban J connectivity index is 2.59. The SMILES string of the molecule is C#CCC(C)Nc1cncc(Br)c1. The van der Waals surface area contributed by atoms with E-state index in [0.29, 0.717) is 6.42 Å². The summed E-state index contributed by atoms with van der Waals surface area (Å²) in [7, 11) is 0. The van der Waals surface area contributed by atoms with Gasteiger partial charge in [0.1, 0.15) is 0 Å². The van der Waals surface area contributed by atoms with Gasteiger partial charge in [0.25, 0.3) is 0 Å². The van der Waals surface area contributed by atoms with Gasteiger partial charge in [0.2, 0.25) is 0 Å². The fourth-order valence-electron chi connectivity index (χ4n) is 1.00. The van der Waals surface area contributed by atoms with E-state index in [4.69, 9.17) is 6.42 Å². The van der Waals surface area contributed by atoms with Gasteiger partial charge >= 0.3 is 0 Å². The summed E-state index contributed by atoms with van der Waals surface area (Å²) in [6.45, 7) is 2.04. The maximum absolute atomic E-state index is 5.20. The van der Waals surface area contributed by atoms with Crippen molar-refractivity contribution in [1.82, 2.24) is 4.98 Å². The van der Waals surface area contributed by atoms with Crippen molar-refractivity contribution < 1.29 is 0 Å². The standard InChI is InChI=1S/C10H11BrN2/c1-3-4-8(2)13-10-5-9(11)6-12-7-10/h1,5-8,13H,4H2,2H3. The minimum Gasteiger partial charge on any atom is -0.380 e. The fraction of sp³-hybridized carbons (Fsp3) is 0.300. The second-order valence-corrected chi connectivity index (χ2v) is 3.76. The quantitative estimate of drug-likeness (QED) is 0.820. The van der Waals surface area contributed by atoms with Gasteiger partial charge in [-0.15, -0.1) is 12.3 Å². The molecule has 0 bridgehead atoms. The average molecular weight is 239 g/mol. The molecule has 2 nitrogen and oxygen atoms in total. The molecule has 0 aromatic carbocycles. The van der Waals surface area contributed by atoms with Crippen molar-refractivity contribution in [3.05, 3.63) is 22.9 Å². The van der Waals surface area contributed by atoms with Gasteiger partial charge in [0.15, 0.2) is 0 Å². The number of hydrogen-bond acceptors (Lipinski definition) is 2. The Kier molecular flexibility index (Phi) is 3.78. The molecule has 0 aliphatic heterocycles. The first-order chi connectivity index (χ1) is 6.22. The van der Waals surface area contributed by atoms with Gasteiger partial charge in [0.05, 0.1) is 11.9 Å². The van der Waals surface area contributed by atoms with Gasteiger partial charge in [0, 0.05) is 23.1 Å². The zero-order valence-electron chi connectivity index (χ0n) is 7.42. The molecule has 1 aromatic rings. The third-order valence-electron chi connectivity index (χ3n) is 1.54. The van der Waals surface area contributed by atoms with Crippen molar-refractivity contribution in [1.29, 1.82) is 0 Å². The van der Waals surface area contributed by atoms with E-state index in [1.165, 1.54) is 0 Å². The van der Waals surface area contributed by atoms with Crippen LogP contribution in [-0.4, -0.2) is 11.0 Å². The van der Waals surface area contributed by atoms with Crippen LogP contribution in [-0.2, 0) is 0 Å². The van der Waals surface area contributed by atoms with E-state index in [1.807, 2.05) is 13.0 Å². The van der Waals surface area contributed by atoms with Gasteiger partial charge in [-0.1, -0.05) is 0 Å². The fourth-order valence-corrected chi connectivity index (χ4v) is 1.37. The van der Waals surface area contributed by atoms with E-state index >= 15 is 0 Å². The Hall–Kier alpha value is -1.01. The Labute approximate surface area is 86.9 Å². The predicted octanol–water partition coefficient (Wildman–Crippen LogP) is 2.67. The number of hydrogen-bond donors (Lipinski definition) is 1. The zero-order chi connectivity index (χ0) is 9.68. The number of halogens is 1. The van der Waals surface area contributed by atoms with E-state index in [2.05, 4.69) is 32.2 Å². The molecule has 1 unspecified atom stereocenters. The van der Waals surface area contributed by atoms with Crippen molar-refractivity contribution in [2.75, 3.05) is 5.32 Å².